The highest BCUT2D eigenvalue weighted by Gasteiger charge is 2.36. The third-order valence-electron chi connectivity index (χ3n) is 6.38. The van der Waals surface area contributed by atoms with Gasteiger partial charge >= 0.3 is 12.2 Å². The zero-order valence-corrected chi connectivity index (χ0v) is 20.8. The first-order valence-electron chi connectivity index (χ1n) is 11.9. The van der Waals surface area contributed by atoms with Crippen LogP contribution in [-0.4, -0.2) is 70.7 Å². The minimum Gasteiger partial charge on any atom is -0.371 e. The monoisotopic (exact) mass is 525 g/mol. The van der Waals surface area contributed by atoms with Gasteiger partial charge in [-0.3, -0.25) is 4.57 Å². The van der Waals surface area contributed by atoms with E-state index >= 15 is 0 Å². The summed E-state index contributed by atoms with van der Waals surface area (Å²) in [5, 5.41) is 8.13. The average molecular weight is 526 g/mol. The molecule has 2 aromatic heterocycles. The van der Waals surface area contributed by atoms with Gasteiger partial charge in [-0.1, -0.05) is 0 Å². The Morgan fingerprint density at radius 3 is 2.29 bits per heavy atom. The zero-order chi connectivity index (χ0) is 26.9. The number of fused-ring (bicyclic) bond motifs is 1. The van der Waals surface area contributed by atoms with Gasteiger partial charge in [-0.25, -0.2) is 19.7 Å². The van der Waals surface area contributed by atoms with Crippen molar-refractivity contribution in [3.8, 4) is 5.69 Å². The molecule has 2 amide bonds. The van der Waals surface area contributed by atoms with Gasteiger partial charge in [0.2, 0.25) is 0 Å². The number of carbonyl (C=O) groups excluding carboxylic acids is 1. The Kier molecular flexibility index (Phi) is 6.76. The van der Waals surface area contributed by atoms with Crippen molar-refractivity contribution >= 4 is 40.1 Å². The van der Waals surface area contributed by atoms with E-state index in [4.69, 9.17) is 0 Å². The van der Waals surface area contributed by atoms with Gasteiger partial charge in [-0.05, 0) is 49.5 Å². The molecule has 0 spiro atoms. The van der Waals surface area contributed by atoms with Crippen molar-refractivity contribution in [3.05, 3.63) is 60.7 Å². The molecule has 3 N–H and O–H groups in total. The van der Waals surface area contributed by atoms with Crippen LogP contribution in [0.1, 0.15) is 5.56 Å². The van der Waals surface area contributed by atoms with Crippen LogP contribution in [0.3, 0.4) is 0 Å². The number of piperazine rings is 1. The van der Waals surface area contributed by atoms with Gasteiger partial charge in [-0.15, -0.1) is 0 Å². The number of hydrogen-bond acceptors (Lipinski definition) is 7. The van der Waals surface area contributed by atoms with Gasteiger partial charge in [0.1, 0.15) is 12.7 Å². The number of aromatic nitrogens is 4. The van der Waals surface area contributed by atoms with Gasteiger partial charge in [0.25, 0.3) is 0 Å². The maximum atomic E-state index is 13.9. The number of rotatable bonds is 5. The van der Waals surface area contributed by atoms with E-state index in [0.717, 1.165) is 11.8 Å². The SMILES string of the molecule is CNc1ncnc2c1ncn2-c1ccc(NC(=O)Nc2ccc(N3CCN(C)CC3)c(C(F)(F)F)c2)cc1. The smallest absolute Gasteiger partial charge is 0.371 e. The summed E-state index contributed by atoms with van der Waals surface area (Å²) in [4.78, 5) is 29.2. The van der Waals surface area contributed by atoms with E-state index in [9.17, 15) is 18.0 Å². The van der Waals surface area contributed by atoms with E-state index in [1.807, 2.05) is 7.05 Å². The van der Waals surface area contributed by atoms with Crippen molar-refractivity contribution in [1.29, 1.82) is 0 Å². The second kappa shape index (κ2) is 10.2. The Labute approximate surface area is 216 Å². The Balaban J connectivity index is 1.29. The molecule has 1 aliphatic heterocycles. The molecule has 0 unspecified atom stereocenters. The zero-order valence-electron chi connectivity index (χ0n) is 20.8. The van der Waals surface area contributed by atoms with Crippen LogP contribution in [0.4, 0.5) is 40.8 Å². The first kappa shape index (κ1) is 25.3. The number of hydrogen-bond donors (Lipinski definition) is 3. The van der Waals surface area contributed by atoms with E-state index in [1.165, 1.54) is 18.5 Å². The summed E-state index contributed by atoms with van der Waals surface area (Å²) in [6.07, 6.45) is -1.49. The van der Waals surface area contributed by atoms with Crippen LogP contribution in [0, 0.1) is 0 Å². The Morgan fingerprint density at radius 2 is 1.61 bits per heavy atom. The van der Waals surface area contributed by atoms with E-state index < -0.39 is 17.8 Å². The van der Waals surface area contributed by atoms with Gasteiger partial charge < -0.3 is 25.8 Å². The van der Waals surface area contributed by atoms with Gasteiger partial charge in [0.05, 0.1) is 5.56 Å². The molecule has 5 rings (SSSR count). The van der Waals surface area contributed by atoms with E-state index in [1.54, 1.807) is 47.1 Å². The average Bonchev–Trinajstić information content (AvgIpc) is 3.33. The van der Waals surface area contributed by atoms with E-state index in [-0.39, 0.29) is 11.4 Å². The largest absolute Gasteiger partial charge is 0.418 e. The van der Waals surface area contributed by atoms with Crippen molar-refractivity contribution in [3.63, 3.8) is 0 Å². The molecular formula is C25H26F3N9O. The van der Waals surface area contributed by atoms with Crippen molar-refractivity contribution in [2.75, 3.05) is 61.1 Å². The second-order valence-electron chi connectivity index (χ2n) is 8.91. The fourth-order valence-electron chi connectivity index (χ4n) is 4.37. The number of nitrogens with one attached hydrogen (secondary N) is 3. The molecule has 0 saturated carbocycles. The second-order valence-corrected chi connectivity index (χ2v) is 8.91. The minimum atomic E-state index is -4.56. The highest BCUT2D eigenvalue weighted by atomic mass is 19.4. The Hall–Kier alpha value is -4.39. The Morgan fingerprint density at radius 1 is 0.921 bits per heavy atom. The summed E-state index contributed by atoms with van der Waals surface area (Å²) >= 11 is 0. The number of imidazole rings is 1. The molecular weight excluding hydrogens is 499 g/mol. The van der Waals surface area contributed by atoms with Gasteiger partial charge in [0.15, 0.2) is 17.0 Å². The molecule has 1 saturated heterocycles. The van der Waals surface area contributed by atoms with Crippen molar-refractivity contribution < 1.29 is 18.0 Å². The first-order chi connectivity index (χ1) is 18.2. The minimum absolute atomic E-state index is 0.0502. The topological polar surface area (TPSA) is 103 Å². The quantitative estimate of drug-likeness (QED) is 0.358. The number of carbonyl (C=O) groups is 1. The molecule has 0 atom stereocenters. The number of amides is 2. The highest BCUT2D eigenvalue weighted by molar-refractivity contribution is 6.00. The third-order valence-corrected chi connectivity index (χ3v) is 6.38. The van der Waals surface area contributed by atoms with E-state index in [0.29, 0.717) is 48.8 Å². The van der Waals surface area contributed by atoms with Crippen LogP contribution >= 0.6 is 0 Å². The number of urea groups is 1. The van der Waals surface area contributed by atoms with Crippen LogP contribution in [0.5, 0.6) is 0 Å². The number of nitrogens with zero attached hydrogens (tertiary/aromatic N) is 6. The predicted octanol–water partition coefficient (Wildman–Crippen LogP) is 4.27. The molecule has 3 heterocycles. The summed E-state index contributed by atoms with van der Waals surface area (Å²) in [5.41, 5.74) is 1.85. The molecule has 38 heavy (non-hydrogen) atoms. The summed E-state index contributed by atoms with van der Waals surface area (Å²) in [7, 11) is 3.69. The van der Waals surface area contributed by atoms with Crippen LogP contribution in [-0.2, 0) is 6.18 Å². The van der Waals surface area contributed by atoms with Gasteiger partial charge in [-0.2, -0.15) is 13.2 Å². The standard InChI is InChI=1S/C25H26F3N9O/c1-29-22-21-23(31-14-30-22)37(15-32-21)18-6-3-16(4-7-18)33-24(38)34-17-5-8-20(19(13-17)25(26,27)28)36-11-9-35(2)10-12-36/h3-8,13-15H,9-12H2,1-2H3,(H,29,30,31)(H2,33,34,38). The van der Waals surface area contributed by atoms with Crippen LogP contribution < -0.4 is 20.9 Å². The van der Waals surface area contributed by atoms with Gasteiger partial charge in [0, 0.05) is 56.0 Å². The molecule has 13 heteroatoms. The lowest BCUT2D eigenvalue weighted by atomic mass is 10.1. The molecule has 0 aliphatic carbocycles. The van der Waals surface area contributed by atoms with Crippen molar-refractivity contribution in [1.82, 2.24) is 24.4 Å². The number of likely N-dealkylation sites (N-methyl/N-ethyl adjacent to an activating group) is 1. The molecule has 1 fully saturated rings. The van der Waals surface area contributed by atoms with Crippen molar-refractivity contribution in [2.45, 2.75) is 6.18 Å². The number of halogens is 3. The van der Waals surface area contributed by atoms with Crippen molar-refractivity contribution in [2.24, 2.45) is 0 Å². The fourth-order valence-corrected chi connectivity index (χ4v) is 4.37. The lowest BCUT2D eigenvalue weighted by Crippen LogP contribution is -2.45. The maximum Gasteiger partial charge on any atom is 0.418 e. The summed E-state index contributed by atoms with van der Waals surface area (Å²) < 4.78 is 43.3. The molecule has 198 valence electrons. The normalized spacial score (nSPS) is 14.5. The van der Waals surface area contributed by atoms with E-state index in [2.05, 4.69) is 35.8 Å². The molecule has 1 aliphatic rings. The summed E-state index contributed by atoms with van der Waals surface area (Å²) in [6.45, 7) is 2.36. The lowest BCUT2D eigenvalue weighted by Gasteiger charge is -2.35. The lowest BCUT2D eigenvalue weighted by molar-refractivity contribution is -0.137. The Bertz CT molecular complexity index is 1440. The number of anilines is 4. The molecule has 2 aromatic carbocycles. The molecule has 10 nitrogen and oxygen atoms in total. The highest BCUT2D eigenvalue weighted by Crippen LogP contribution is 2.38. The number of benzene rings is 2. The molecule has 0 bridgehead atoms. The summed E-state index contributed by atoms with van der Waals surface area (Å²) in [6, 6.07) is 10.1. The molecule has 0 radical (unpaired) electrons. The summed E-state index contributed by atoms with van der Waals surface area (Å²) in [5.74, 6) is 0.606. The molecule has 4 aromatic rings. The third kappa shape index (κ3) is 5.18. The number of alkyl halides is 3. The maximum absolute atomic E-state index is 13.9. The van der Waals surface area contributed by atoms with Crippen LogP contribution in [0.2, 0.25) is 0 Å². The van der Waals surface area contributed by atoms with Crippen LogP contribution in [0.15, 0.2) is 55.1 Å². The fraction of sp³-hybridized carbons (Fsp3) is 0.280. The first-order valence-corrected chi connectivity index (χ1v) is 11.9. The predicted molar refractivity (Wildman–Crippen MR) is 140 cm³/mol. The van der Waals surface area contributed by atoms with Crippen LogP contribution in [0.25, 0.3) is 16.9 Å².